The second-order valence-corrected chi connectivity index (χ2v) is 9.43. The predicted molar refractivity (Wildman–Crippen MR) is 117 cm³/mol. The van der Waals surface area contributed by atoms with E-state index in [-0.39, 0.29) is 16.9 Å². The highest BCUT2D eigenvalue weighted by Crippen LogP contribution is 2.24. The molecular formula is C24H26F2N2OS. The Morgan fingerprint density at radius 3 is 2.30 bits per heavy atom. The highest BCUT2D eigenvalue weighted by atomic mass is 32.1. The van der Waals surface area contributed by atoms with Crippen LogP contribution in [0.4, 0.5) is 8.78 Å². The Morgan fingerprint density at radius 2 is 1.73 bits per heavy atom. The first kappa shape index (κ1) is 22.1. The number of rotatable bonds is 5. The summed E-state index contributed by atoms with van der Waals surface area (Å²) < 4.78 is 27.6. The second kappa shape index (κ2) is 8.64. The molecule has 0 aliphatic heterocycles. The van der Waals surface area contributed by atoms with Gasteiger partial charge in [0.1, 0.15) is 11.6 Å². The molecule has 0 aliphatic rings. The van der Waals surface area contributed by atoms with E-state index < -0.39 is 17.7 Å². The zero-order valence-corrected chi connectivity index (χ0v) is 18.7. The molecule has 30 heavy (non-hydrogen) atoms. The number of hydrogen-bond acceptors (Lipinski definition) is 3. The minimum Gasteiger partial charge on any atom is -0.343 e. The predicted octanol–water partition coefficient (Wildman–Crippen LogP) is 6.11. The van der Waals surface area contributed by atoms with E-state index in [1.165, 1.54) is 36.0 Å². The number of carbonyl (C=O) groups excluding carboxylic acids is 1. The van der Waals surface area contributed by atoms with Gasteiger partial charge in [0, 0.05) is 17.4 Å². The molecule has 158 valence electrons. The van der Waals surface area contributed by atoms with Crippen LogP contribution in [0.15, 0.2) is 41.8 Å². The zero-order chi connectivity index (χ0) is 22.1. The summed E-state index contributed by atoms with van der Waals surface area (Å²) >= 11 is 1.26. The Balaban J connectivity index is 1.66. The topological polar surface area (TPSA) is 42.0 Å². The molecule has 0 spiro atoms. The average Bonchev–Trinajstić information content (AvgIpc) is 3.14. The van der Waals surface area contributed by atoms with Crippen LogP contribution in [0.25, 0.3) is 0 Å². The van der Waals surface area contributed by atoms with Crippen molar-refractivity contribution < 1.29 is 13.6 Å². The Morgan fingerprint density at radius 1 is 1.13 bits per heavy atom. The fourth-order valence-corrected chi connectivity index (χ4v) is 3.80. The van der Waals surface area contributed by atoms with Crippen LogP contribution in [0, 0.1) is 18.6 Å². The third-order valence-corrected chi connectivity index (χ3v) is 5.99. The van der Waals surface area contributed by atoms with Gasteiger partial charge in [-0.05, 0) is 48.1 Å². The van der Waals surface area contributed by atoms with Crippen LogP contribution in [0.2, 0.25) is 0 Å². The van der Waals surface area contributed by atoms with Crippen molar-refractivity contribution in [2.24, 2.45) is 0 Å². The molecule has 0 bridgehead atoms. The average molecular weight is 429 g/mol. The van der Waals surface area contributed by atoms with Crippen LogP contribution in [-0.2, 0) is 11.8 Å². The van der Waals surface area contributed by atoms with Gasteiger partial charge in [-0.25, -0.2) is 13.8 Å². The Kier molecular flexibility index (Phi) is 6.36. The molecule has 1 N–H and O–H groups in total. The lowest BCUT2D eigenvalue weighted by atomic mass is 9.86. The molecule has 1 heterocycles. The summed E-state index contributed by atoms with van der Waals surface area (Å²) in [6, 6.07) is 10.4. The summed E-state index contributed by atoms with van der Waals surface area (Å²) in [4.78, 5) is 17.0. The van der Waals surface area contributed by atoms with Gasteiger partial charge in [-0.2, -0.15) is 0 Å². The van der Waals surface area contributed by atoms with Crippen molar-refractivity contribution in [1.82, 2.24) is 10.3 Å². The van der Waals surface area contributed by atoms with Crippen molar-refractivity contribution in [2.75, 3.05) is 0 Å². The molecule has 3 nitrogen and oxygen atoms in total. The van der Waals surface area contributed by atoms with E-state index in [4.69, 9.17) is 0 Å². The SMILES string of the molecule is Cc1c(F)cc(C(C)NC(=O)c2nc(Cc3ccc(C(C)(C)C)cc3)cs2)cc1F. The number of hydrogen-bond donors (Lipinski definition) is 1. The maximum absolute atomic E-state index is 13.8. The minimum absolute atomic E-state index is 0.0302. The first-order valence-electron chi connectivity index (χ1n) is 9.85. The first-order valence-corrected chi connectivity index (χ1v) is 10.7. The standard InChI is InChI=1S/C24H26F2N2OS/c1-14-20(25)11-17(12-21(14)26)15(2)27-22(29)23-28-19(13-30-23)10-16-6-8-18(9-7-16)24(3,4)5/h6-9,11-13,15H,10H2,1-5H3,(H,27,29). The number of amides is 1. The van der Waals surface area contributed by atoms with Crippen LogP contribution in [0.3, 0.4) is 0 Å². The molecular weight excluding hydrogens is 402 g/mol. The second-order valence-electron chi connectivity index (χ2n) is 8.57. The number of halogens is 2. The fourth-order valence-electron chi connectivity index (χ4n) is 3.08. The quantitative estimate of drug-likeness (QED) is 0.533. The third kappa shape index (κ3) is 5.11. The van der Waals surface area contributed by atoms with Crippen molar-refractivity contribution in [3.63, 3.8) is 0 Å². The van der Waals surface area contributed by atoms with E-state index in [0.717, 1.165) is 11.3 Å². The molecule has 3 rings (SSSR count). The minimum atomic E-state index is -0.625. The molecule has 1 unspecified atom stereocenters. The summed E-state index contributed by atoms with van der Waals surface area (Å²) in [5.74, 6) is -1.61. The van der Waals surface area contributed by atoms with E-state index in [1.807, 2.05) is 5.38 Å². The molecule has 0 saturated heterocycles. The lowest BCUT2D eigenvalue weighted by molar-refractivity contribution is 0.0939. The van der Waals surface area contributed by atoms with Crippen molar-refractivity contribution in [3.05, 3.63) is 86.4 Å². The third-order valence-electron chi connectivity index (χ3n) is 5.10. The van der Waals surface area contributed by atoms with Crippen LogP contribution in [0.5, 0.6) is 0 Å². The molecule has 1 amide bonds. The van der Waals surface area contributed by atoms with Gasteiger partial charge < -0.3 is 5.32 Å². The lowest BCUT2D eigenvalue weighted by Gasteiger charge is -2.19. The molecule has 0 radical (unpaired) electrons. The number of carbonyl (C=O) groups is 1. The normalized spacial score (nSPS) is 12.6. The van der Waals surface area contributed by atoms with Crippen LogP contribution >= 0.6 is 11.3 Å². The number of aromatic nitrogens is 1. The molecule has 1 aromatic heterocycles. The van der Waals surface area contributed by atoms with E-state index in [1.54, 1.807) is 6.92 Å². The number of nitrogens with one attached hydrogen (secondary N) is 1. The van der Waals surface area contributed by atoms with Gasteiger partial charge in [0.2, 0.25) is 0 Å². The van der Waals surface area contributed by atoms with Gasteiger partial charge in [0.05, 0.1) is 11.7 Å². The highest BCUT2D eigenvalue weighted by molar-refractivity contribution is 7.11. The largest absolute Gasteiger partial charge is 0.343 e. The van der Waals surface area contributed by atoms with Crippen molar-refractivity contribution in [1.29, 1.82) is 0 Å². The molecule has 0 saturated carbocycles. The van der Waals surface area contributed by atoms with Gasteiger partial charge in [-0.1, -0.05) is 45.0 Å². The maximum atomic E-state index is 13.8. The monoisotopic (exact) mass is 428 g/mol. The fraction of sp³-hybridized carbons (Fsp3) is 0.333. The van der Waals surface area contributed by atoms with E-state index in [0.29, 0.717) is 17.0 Å². The van der Waals surface area contributed by atoms with Gasteiger partial charge in [-0.3, -0.25) is 4.79 Å². The van der Waals surface area contributed by atoms with Crippen LogP contribution < -0.4 is 5.32 Å². The van der Waals surface area contributed by atoms with Gasteiger partial charge >= 0.3 is 0 Å². The summed E-state index contributed by atoms with van der Waals surface area (Å²) in [5, 5.41) is 4.96. The van der Waals surface area contributed by atoms with Gasteiger partial charge in [-0.15, -0.1) is 11.3 Å². The highest BCUT2D eigenvalue weighted by Gasteiger charge is 2.18. The summed E-state index contributed by atoms with van der Waals surface area (Å²) in [5.41, 5.74) is 3.65. The number of thiazole rings is 1. The molecule has 1 atom stereocenters. The van der Waals surface area contributed by atoms with Crippen molar-refractivity contribution >= 4 is 17.2 Å². The summed E-state index contributed by atoms with van der Waals surface area (Å²) in [6.07, 6.45) is 0.637. The first-order chi connectivity index (χ1) is 14.0. The van der Waals surface area contributed by atoms with E-state index in [9.17, 15) is 13.6 Å². The van der Waals surface area contributed by atoms with Crippen molar-refractivity contribution in [2.45, 2.75) is 52.5 Å². The van der Waals surface area contributed by atoms with Crippen molar-refractivity contribution in [3.8, 4) is 0 Å². The van der Waals surface area contributed by atoms with Crippen LogP contribution in [-0.4, -0.2) is 10.9 Å². The van der Waals surface area contributed by atoms with Crippen LogP contribution in [0.1, 0.15) is 71.5 Å². The van der Waals surface area contributed by atoms with Gasteiger partial charge in [0.25, 0.3) is 5.91 Å². The smallest absolute Gasteiger partial charge is 0.280 e. The van der Waals surface area contributed by atoms with E-state index >= 15 is 0 Å². The molecule has 0 fully saturated rings. The molecule has 0 aliphatic carbocycles. The lowest BCUT2D eigenvalue weighted by Crippen LogP contribution is -2.26. The Labute approximate surface area is 180 Å². The number of benzene rings is 2. The Bertz CT molecular complexity index is 1030. The molecule has 2 aromatic carbocycles. The maximum Gasteiger partial charge on any atom is 0.280 e. The molecule has 3 aromatic rings. The number of nitrogens with zero attached hydrogens (tertiary/aromatic N) is 1. The zero-order valence-electron chi connectivity index (χ0n) is 17.8. The summed E-state index contributed by atoms with van der Waals surface area (Å²) in [7, 11) is 0. The summed E-state index contributed by atoms with van der Waals surface area (Å²) in [6.45, 7) is 9.59. The van der Waals surface area contributed by atoms with Gasteiger partial charge in [0.15, 0.2) is 5.01 Å². The van der Waals surface area contributed by atoms with E-state index in [2.05, 4.69) is 55.3 Å². The Hall–Kier alpha value is -2.60. The molecule has 6 heteroatoms.